The molecule has 40 heavy (non-hydrogen) atoms. The standard InChI is InChI=1S/C29H29F5N4O2/c1-3-19(6-4-9-25-36-28(37-40-25)20-11-12-20)17-38(26(39)15-10-18(2)30)22-8-5-7-21(16-22)27-23(31)13-14-24(35-27)29(32,33)34/h3,5,7-8,13-14,16,19-20H,1-2,4,6,9-12,15,17H2. The van der Waals surface area contributed by atoms with Crippen molar-refractivity contribution in [1.29, 1.82) is 0 Å². The molecule has 6 nitrogen and oxygen atoms in total. The van der Waals surface area contributed by atoms with E-state index in [4.69, 9.17) is 4.52 Å². The Bertz CT molecular complexity index is 1370. The summed E-state index contributed by atoms with van der Waals surface area (Å²) in [7, 11) is 0. The molecule has 1 amide bonds. The van der Waals surface area contributed by atoms with Crippen molar-refractivity contribution in [3.05, 3.63) is 84.7 Å². The number of rotatable bonds is 13. The lowest BCUT2D eigenvalue weighted by molar-refractivity contribution is -0.141. The fourth-order valence-electron chi connectivity index (χ4n) is 4.26. The zero-order valence-corrected chi connectivity index (χ0v) is 21.8. The van der Waals surface area contributed by atoms with Gasteiger partial charge in [0.1, 0.15) is 17.2 Å². The lowest BCUT2D eigenvalue weighted by atomic mass is 10.00. The summed E-state index contributed by atoms with van der Waals surface area (Å²) in [6, 6.07) is 7.15. The SMILES string of the molecule is C=CC(CCCc1nc(C2CC2)no1)CN(C(=O)CCC(=C)F)c1cccc(-c2nc(C(F)(F)F)ccc2F)c1. The summed E-state index contributed by atoms with van der Waals surface area (Å²) in [6.45, 7) is 7.25. The van der Waals surface area contributed by atoms with E-state index in [1.165, 1.54) is 23.1 Å². The molecule has 1 aliphatic rings. The van der Waals surface area contributed by atoms with E-state index in [1.807, 2.05) is 0 Å². The maximum absolute atomic E-state index is 14.5. The van der Waals surface area contributed by atoms with Crippen LogP contribution in [0.2, 0.25) is 0 Å². The van der Waals surface area contributed by atoms with E-state index in [0.29, 0.717) is 48.9 Å². The molecule has 3 aromatic rings. The zero-order chi connectivity index (χ0) is 28.9. The highest BCUT2D eigenvalue weighted by molar-refractivity contribution is 5.94. The van der Waals surface area contributed by atoms with Gasteiger partial charge in [-0.25, -0.2) is 13.8 Å². The van der Waals surface area contributed by atoms with E-state index in [0.717, 1.165) is 18.7 Å². The second-order valence-electron chi connectivity index (χ2n) is 9.81. The maximum Gasteiger partial charge on any atom is 0.433 e. The van der Waals surface area contributed by atoms with Crippen LogP contribution in [0, 0.1) is 11.7 Å². The quantitative estimate of drug-likeness (QED) is 0.159. The van der Waals surface area contributed by atoms with Crippen LogP contribution in [0.15, 0.2) is 66.0 Å². The number of pyridine rings is 1. The van der Waals surface area contributed by atoms with Gasteiger partial charge in [0.25, 0.3) is 0 Å². The van der Waals surface area contributed by atoms with Gasteiger partial charge in [0.2, 0.25) is 11.8 Å². The molecule has 0 bridgehead atoms. The number of carbonyl (C=O) groups excluding carboxylic acids is 1. The lowest BCUT2D eigenvalue weighted by Crippen LogP contribution is -2.35. The van der Waals surface area contributed by atoms with Crippen molar-refractivity contribution in [2.45, 2.75) is 57.0 Å². The number of anilines is 1. The minimum absolute atomic E-state index is 0.0619. The van der Waals surface area contributed by atoms with Crippen LogP contribution in [-0.4, -0.2) is 27.6 Å². The monoisotopic (exact) mass is 560 g/mol. The molecule has 1 fully saturated rings. The van der Waals surface area contributed by atoms with Crippen LogP contribution in [0.4, 0.5) is 27.6 Å². The number of allylic oxidation sites excluding steroid dienone is 1. The van der Waals surface area contributed by atoms with Crippen molar-refractivity contribution < 1.29 is 31.3 Å². The summed E-state index contributed by atoms with van der Waals surface area (Å²) in [4.78, 5) is 22.5. The summed E-state index contributed by atoms with van der Waals surface area (Å²) in [5.41, 5.74) is -1.36. The number of nitrogens with zero attached hydrogens (tertiary/aromatic N) is 4. The van der Waals surface area contributed by atoms with E-state index in [2.05, 4.69) is 28.3 Å². The number of aryl methyl sites for hydroxylation is 1. The highest BCUT2D eigenvalue weighted by atomic mass is 19.4. The van der Waals surface area contributed by atoms with Crippen LogP contribution in [0.25, 0.3) is 11.3 Å². The first kappa shape index (κ1) is 29.1. The van der Waals surface area contributed by atoms with Gasteiger partial charge in [0.05, 0.1) is 5.83 Å². The van der Waals surface area contributed by atoms with Crippen LogP contribution in [0.3, 0.4) is 0 Å². The Morgan fingerprint density at radius 1 is 1.18 bits per heavy atom. The van der Waals surface area contributed by atoms with E-state index in [9.17, 15) is 26.7 Å². The molecular formula is C29H29F5N4O2. The molecular weight excluding hydrogens is 531 g/mol. The van der Waals surface area contributed by atoms with Crippen molar-refractivity contribution in [2.24, 2.45) is 5.92 Å². The maximum atomic E-state index is 14.5. The zero-order valence-electron chi connectivity index (χ0n) is 21.8. The molecule has 1 atom stereocenters. The molecule has 0 aliphatic heterocycles. The molecule has 1 saturated carbocycles. The normalized spacial score (nSPS) is 14.1. The Hall–Kier alpha value is -3.89. The van der Waals surface area contributed by atoms with Crippen molar-refractivity contribution in [2.75, 3.05) is 11.4 Å². The van der Waals surface area contributed by atoms with Gasteiger partial charge in [-0.15, -0.1) is 6.58 Å². The van der Waals surface area contributed by atoms with Crippen LogP contribution in [0.5, 0.6) is 0 Å². The van der Waals surface area contributed by atoms with Gasteiger partial charge in [0.15, 0.2) is 5.82 Å². The van der Waals surface area contributed by atoms with E-state index >= 15 is 0 Å². The second-order valence-corrected chi connectivity index (χ2v) is 9.81. The van der Waals surface area contributed by atoms with Gasteiger partial charge in [-0.3, -0.25) is 4.79 Å². The first-order valence-electron chi connectivity index (χ1n) is 13.0. The molecule has 2 aromatic heterocycles. The van der Waals surface area contributed by atoms with E-state index in [1.54, 1.807) is 12.1 Å². The highest BCUT2D eigenvalue weighted by Gasteiger charge is 2.33. The number of carbonyl (C=O) groups is 1. The van der Waals surface area contributed by atoms with Gasteiger partial charge >= 0.3 is 6.18 Å². The lowest BCUT2D eigenvalue weighted by Gasteiger charge is -2.27. The number of halogens is 5. The topological polar surface area (TPSA) is 72.1 Å². The van der Waals surface area contributed by atoms with E-state index < -0.39 is 35.1 Å². The summed E-state index contributed by atoms with van der Waals surface area (Å²) < 4.78 is 72.9. The third-order valence-corrected chi connectivity index (χ3v) is 6.62. The Labute approximate surface area is 228 Å². The number of aromatic nitrogens is 3. The molecule has 212 valence electrons. The third-order valence-electron chi connectivity index (χ3n) is 6.62. The van der Waals surface area contributed by atoms with Gasteiger partial charge < -0.3 is 9.42 Å². The Kier molecular flexibility index (Phi) is 9.11. The Morgan fingerprint density at radius 2 is 1.95 bits per heavy atom. The smallest absolute Gasteiger partial charge is 0.339 e. The van der Waals surface area contributed by atoms with Crippen LogP contribution in [-0.2, 0) is 17.4 Å². The van der Waals surface area contributed by atoms with Crippen LogP contribution < -0.4 is 4.90 Å². The van der Waals surface area contributed by atoms with Crippen LogP contribution in [0.1, 0.15) is 61.9 Å². The van der Waals surface area contributed by atoms with Gasteiger partial charge in [0, 0.05) is 43.0 Å². The molecule has 0 spiro atoms. The molecule has 0 N–H and O–H groups in total. The molecule has 4 rings (SSSR count). The van der Waals surface area contributed by atoms with Gasteiger partial charge in [-0.1, -0.05) is 29.9 Å². The number of amides is 1. The molecule has 11 heteroatoms. The summed E-state index contributed by atoms with van der Waals surface area (Å²) in [5.74, 6) is -0.541. The average molecular weight is 561 g/mol. The first-order chi connectivity index (χ1) is 19.0. The second kappa shape index (κ2) is 12.5. The molecule has 0 saturated heterocycles. The molecule has 0 radical (unpaired) electrons. The van der Waals surface area contributed by atoms with Gasteiger partial charge in [-0.05, 0) is 55.9 Å². The average Bonchev–Trinajstić information content (AvgIpc) is 3.66. The molecule has 1 aliphatic carbocycles. The number of benzene rings is 1. The van der Waals surface area contributed by atoms with Crippen molar-refractivity contribution in [3.63, 3.8) is 0 Å². The number of hydrogen-bond donors (Lipinski definition) is 0. The fourth-order valence-corrected chi connectivity index (χ4v) is 4.26. The predicted molar refractivity (Wildman–Crippen MR) is 139 cm³/mol. The largest absolute Gasteiger partial charge is 0.433 e. The summed E-state index contributed by atoms with van der Waals surface area (Å²) in [5, 5.41) is 4.01. The highest BCUT2D eigenvalue weighted by Crippen LogP contribution is 2.38. The molecule has 2 heterocycles. The molecule has 1 unspecified atom stereocenters. The summed E-state index contributed by atoms with van der Waals surface area (Å²) in [6.07, 6.45) is 0.562. The van der Waals surface area contributed by atoms with Crippen molar-refractivity contribution >= 4 is 11.6 Å². The van der Waals surface area contributed by atoms with Crippen molar-refractivity contribution in [1.82, 2.24) is 15.1 Å². The minimum atomic E-state index is -4.76. The first-order valence-corrected chi connectivity index (χ1v) is 13.0. The van der Waals surface area contributed by atoms with Crippen LogP contribution >= 0.6 is 0 Å². The number of hydrogen-bond acceptors (Lipinski definition) is 5. The number of alkyl halides is 3. The van der Waals surface area contributed by atoms with Crippen molar-refractivity contribution in [3.8, 4) is 11.3 Å². The third kappa shape index (κ3) is 7.61. The van der Waals surface area contributed by atoms with E-state index in [-0.39, 0.29) is 30.9 Å². The predicted octanol–water partition coefficient (Wildman–Crippen LogP) is 7.59. The minimum Gasteiger partial charge on any atom is -0.339 e. The van der Waals surface area contributed by atoms with Gasteiger partial charge in [-0.2, -0.15) is 18.2 Å². The Morgan fingerprint density at radius 3 is 2.62 bits per heavy atom. The summed E-state index contributed by atoms with van der Waals surface area (Å²) >= 11 is 0. The molecule has 1 aromatic carbocycles. The Balaban J connectivity index is 1.53. The fraction of sp³-hybridized carbons (Fsp3) is 0.379.